The van der Waals surface area contributed by atoms with E-state index in [9.17, 15) is 23.2 Å². The number of benzene rings is 1. The molecule has 0 unspecified atom stereocenters. The van der Waals surface area contributed by atoms with E-state index in [0.29, 0.717) is 22.7 Å². The number of halogens is 5. The summed E-state index contributed by atoms with van der Waals surface area (Å²) in [4.78, 5) is 39.5. The number of rotatable bonds is 8. The number of hydrogen-bond acceptors (Lipinski definition) is 5. The van der Waals surface area contributed by atoms with Gasteiger partial charge in [-0.05, 0) is 55.5 Å². The maximum Gasteiger partial charge on any atom is 0.246 e. The molecular weight excluding hydrogens is 596 g/mol. The Morgan fingerprint density at radius 1 is 1.24 bits per heavy atom. The average Bonchev–Trinajstić information content (AvgIpc) is 3.39. The molecule has 0 radical (unpaired) electrons. The average molecular weight is 627 g/mol. The number of alkyl halides is 2. The van der Waals surface area contributed by atoms with Gasteiger partial charge in [-0.25, -0.2) is 4.39 Å². The number of nitrogens with two attached hydrogens (primary N) is 1. The van der Waals surface area contributed by atoms with E-state index in [1.807, 2.05) is 0 Å². The zero-order valence-electron chi connectivity index (χ0n) is 22.5. The molecule has 2 spiro atoms. The van der Waals surface area contributed by atoms with Gasteiger partial charge >= 0.3 is 0 Å². The summed E-state index contributed by atoms with van der Waals surface area (Å²) in [5, 5.41) is 9.26. The fourth-order valence-corrected chi connectivity index (χ4v) is 7.52. The summed E-state index contributed by atoms with van der Waals surface area (Å²) in [5.74, 6) is -4.10. The number of allylic oxidation sites excluding steroid dienone is 4. The van der Waals surface area contributed by atoms with Crippen LogP contribution in [0.2, 0.25) is 5.02 Å². The molecule has 8 nitrogen and oxygen atoms in total. The van der Waals surface area contributed by atoms with Crippen molar-refractivity contribution in [2.45, 2.75) is 54.8 Å². The van der Waals surface area contributed by atoms with Crippen LogP contribution in [0.3, 0.4) is 0 Å². The summed E-state index contributed by atoms with van der Waals surface area (Å²) in [5.41, 5.74) is 1.51. The molecule has 1 aromatic carbocycles. The Kier molecular flexibility index (Phi) is 8.25. The van der Waals surface area contributed by atoms with Crippen molar-refractivity contribution in [2.75, 3.05) is 25.3 Å². The van der Waals surface area contributed by atoms with Crippen LogP contribution in [0, 0.1) is 11.3 Å². The highest BCUT2D eigenvalue weighted by molar-refractivity contribution is 6.31. The van der Waals surface area contributed by atoms with E-state index in [1.165, 1.54) is 18.2 Å². The monoisotopic (exact) mass is 626 g/mol. The van der Waals surface area contributed by atoms with E-state index in [1.54, 1.807) is 12.1 Å². The highest BCUT2D eigenvalue weighted by Crippen LogP contribution is 2.67. The largest absolute Gasteiger partial charge is 0.367 e. The first-order valence-corrected chi connectivity index (χ1v) is 14.3. The smallest absolute Gasteiger partial charge is 0.246 e. The summed E-state index contributed by atoms with van der Waals surface area (Å²) in [7, 11) is 0. The molecule has 226 valence electrons. The Hall–Kier alpha value is -2.86. The zero-order chi connectivity index (χ0) is 30.4. The lowest BCUT2D eigenvalue weighted by Crippen LogP contribution is -2.70. The van der Waals surface area contributed by atoms with Gasteiger partial charge in [0.25, 0.3) is 0 Å². The molecule has 0 bridgehead atoms. The molecular formula is C29H31Cl2F3N4O4. The fourth-order valence-electron chi connectivity index (χ4n) is 7.28. The van der Waals surface area contributed by atoms with Gasteiger partial charge in [-0.15, -0.1) is 0 Å². The van der Waals surface area contributed by atoms with E-state index in [-0.39, 0.29) is 30.9 Å². The van der Waals surface area contributed by atoms with Crippen molar-refractivity contribution in [3.8, 4) is 0 Å². The van der Waals surface area contributed by atoms with Crippen LogP contribution in [0.15, 0.2) is 53.9 Å². The van der Waals surface area contributed by atoms with Gasteiger partial charge in [-0.2, -0.15) is 0 Å². The predicted octanol–water partition coefficient (Wildman–Crippen LogP) is 3.89. The SMILES string of the molecule is C=C(Cl)/C=C\C=C(/F)[C@H]1[C@H](C(=O)N[C@@H]2CC[C@@H](C(N)=O)OC2)NC2(CC(CF)(CF)C2)[C@@]12C(=O)Nc1cc(Cl)ccc12. The molecule has 3 fully saturated rings. The summed E-state index contributed by atoms with van der Waals surface area (Å²) in [6.07, 6.45) is 3.32. The van der Waals surface area contributed by atoms with Crippen LogP contribution in [-0.2, 0) is 24.5 Å². The summed E-state index contributed by atoms with van der Waals surface area (Å²) in [6, 6.07) is 2.80. The lowest BCUT2D eigenvalue weighted by atomic mass is 9.46. The first kappa shape index (κ1) is 30.6. The van der Waals surface area contributed by atoms with E-state index >= 15 is 4.39 Å². The third-order valence-electron chi connectivity index (χ3n) is 8.97. The Morgan fingerprint density at radius 2 is 1.95 bits per heavy atom. The quantitative estimate of drug-likeness (QED) is 0.326. The number of primary amides is 1. The van der Waals surface area contributed by atoms with Gasteiger partial charge in [-0.3, -0.25) is 28.5 Å². The Morgan fingerprint density at radius 3 is 2.55 bits per heavy atom. The van der Waals surface area contributed by atoms with Crippen molar-refractivity contribution < 1.29 is 32.3 Å². The Bertz CT molecular complexity index is 1370. The van der Waals surface area contributed by atoms with Crippen LogP contribution in [0.1, 0.15) is 31.2 Å². The molecule has 2 saturated heterocycles. The van der Waals surface area contributed by atoms with Crippen molar-refractivity contribution in [1.29, 1.82) is 0 Å². The van der Waals surface area contributed by atoms with Gasteiger partial charge in [0, 0.05) is 26.7 Å². The zero-order valence-corrected chi connectivity index (χ0v) is 24.0. The number of carbonyl (C=O) groups is 3. The molecule has 4 aliphatic rings. The van der Waals surface area contributed by atoms with Crippen molar-refractivity contribution in [3.05, 3.63) is 64.5 Å². The Labute approximate surface area is 250 Å². The summed E-state index contributed by atoms with van der Waals surface area (Å²) in [6.45, 7) is 1.56. The molecule has 5 atom stereocenters. The first-order chi connectivity index (χ1) is 19.9. The van der Waals surface area contributed by atoms with Crippen molar-refractivity contribution >= 4 is 46.6 Å². The van der Waals surface area contributed by atoms with E-state index in [4.69, 9.17) is 33.7 Å². The summed E-state index contributed by atoms with van der Waals surface area (Å²) >= 11 is 12.0. The second-order valence-electron chi connectivity index (χ2n) is 11.6. The number of amides is 3. The molecule has 1 aliphatic carbocycles. The Balaban J connectivity index is 1.60. The van der Waals surface area contributed by atoms with Crippen LogP contribution in [0.5, 0.6) is 0 Å². The van der Waals surface area contributed by atoms with Crippen molar-refractivity contribution in [2.24, 2.45) is 17.1 Å². The minimum absolute atomic E-state index is 0.000540. The second kappa shape index (κ2) is 11.3. The van der Waals surface area contributed by atoms with E-state index in [2.05, 4.69) is 22.5 Å². The van der Waals surface area contributed by atoms with Gasteiger partial charge in [-0.1, -0.05) is 41.9 Å². The normalized spacial score (nSPS) is 31.2. The molecule has 1 saturated carbocycles. The number of fused-ring (bicyclic) bond motifs is 3. The number of carbonyl (C=O) groups excluding carboxylic acids is 3. The standard InChI is InChI=1S/C29H31Cl2F3N4O4/c1-15(30)3-2-4-19(34)22-23(25(40)36-17-6-8-21(24(35)39)42-10-17)38-28(11-27(12-28,13-32)14-33)29(22)18-7-5-16(31)9-20(18)37-26(29)41/h2-5,7,9,17,21-23,38H,1,6,8,10-14H2,(H2,35,39)(H,36,40)(H,37,41)/b3-2-,19-4-/t17-,21+,22+,23-,29-/m1/s1. The van der Waals surface area contributed by atoms with Crippen molar-refractivity contribution in [3.63, 3.8) is 0 Å². The van der Waals surface area contributed by atoms with Crippen LogP contribution in [0.25, 0.3) is 0 Å². The molecule has 3 aliphatic heterocycles. The number of nitrogens with one attached hydrogen (secondary N) is 3. The predicted molar refractivity (Wildman–Crippen MR) is 152 cm³/mol. The van der Waals surface area contributed by atoms with Gasteiger partial charge in [0.2, 0.25) is 17.7 Å². The minimum atomic E-state index is -1.75. The fraction of sp³-hybridized carbons (Fsp3) is 0.483. The van der Waals surface area contributed by atoms with Crippen LogP contribution >= 0.6 is 23.2 Å². The lowest BCUT2D eigenvalue weighted by molar-refractivity contribution is -0.134. The lowest BCUT2D eigenvalue weighted by Gasteiger charge is -2.58. The molecule has 1 aromatic rings. The molecule has 5 rings (SSSR count). The highest BCUT2D eigenvalue weighted by Gasteiger charge is 2.78. The van der Waals surface area contributed by atoms with Gasteiger partial charge < -0.3 is 21.1 Å². The van der Waals surface area contributed by atoms with Crippen LogP contribution in [-0.4, -0.2) is 61.4 Å². The van der Waals surface area contributed by atoms with Gasteiger partial charge in [0.05, 0.1) is 38.0 Å². The number of hydrogen-bond donors (Lipinski definition) is 4. The van der Waals surface area contributed by atoms with E-state index in [0.717, 1.165) is 6.08 Å². The summed E-state index contributed by atoms with van der Waals surface area (Å²) < 4.78 is 50.3. The molecule has 0 aromatic heterocycles. The topological polar surface area (TPSA) is 123 Å². The van der Waals surface area contributed by atoms with E-state index < -0.39 is 77.4 Å². The van der Waals surface area contributed by atoms with Crippen LogP contribution in [0.4, 0.5) is 18.9 Å². The third kappa shape index (κ3) is 4.84. The maximum atomic E-state index is 16.5. The minimum Gasteiger partial charge on any atom is -0.367 e. The maximum absolute atomic E-state index is 16.5. The first-order valence-electron chi connectivity index (χ1n) is 13.5. The highest BCUT2D eigenvalue weighted by atomic mass is 35.5. The molecule has 3 heterocycles. The third-order valence-corrected chi connectivity index (χ3v) is 9.33. The molecule has 3 amide bonds. The van der Waals surface area contributed by atoms with Crippen molar-refractivity contribution in [1.82, 2.24) is 10.6 Å². The molecule has 42 heavy (non-hydrogen) atoms. The van der Waals surface area contributed by atoms with Gasteiger partial charge in [0.15, 0.2) is 0 Å². The number of anilines is 1. The molecule has 5 N–H and O–H groups in total. The van der Waals surface area contributed by atoms with Gasteiger partial charge in [0.1, 0.15) is 17.3 Å². The second-order valence-corrected chi connectivity index (χ2v) is 12.5. The number of ether oxygens (including phenoxy) is 1. The van der Waals surface area contributed by atoms with Crippen LogP contribution < -0.4 is 21.7 Å². The molecule has 13 heteroatoms.